The highest BCUT2D eigenvalue weighted by atomic mass is 16.5. The zero-order valence-electron chi connectivity index (χ0n) is 13.4. The van der Waals surface area contributed by atoms with Crippen molar-refractivity contribution in [1.82, 2.24) is 5.32 Å². The van der Waals surface area contributed by atoms with Crippen molar-refractivity contribution in [3.8, 4) is 5.75 Å². The van der Waals surface area contributed by atoms with E-state index in [-0.39, 0.29) is 5.97 Å². The Morgan fingerprint density at radius 1 is 1.29 bits per heavy atom. The van der Waals surface area contributed by atoms with Crippen molar-refractivity contribution >= 4 is 5.97 Å². The van der Waals surface area contributed by atoms with E-state index in [0.29, 0.717) is 25.5 Å². The largest absolute Gasteiger partial charge is 0.494 e. The molecule has 0 spiro atoms. The first kappa shape index (κ1) is 17.5. The average Bonchev–Trinajstić information content (AvgIpc) is 2.50. The number of benzene rings is 1. The number of esters is 1. The minimum Gasteiger partial charge on any atom is -0.494 e. The Morgan fingerprint density at radius 2 is 2.00 bits per heavy atom. The number of rotatable bonds is 10. The topological polar surface area (TPSA) is 47.6 Å². The maximum absolute atomic E-state index is 11.0. The molecule has 0 aliphatic heterocycles. The Labute approximate surface area is 127 Å². The molecule has 1 rings (SSSR count). The van der Waals surface area contributed by atoms with E-state index in [4.69, 9.17) is 4.74 Å². The standard InChI is InChI=1S/C17H27NO3/c1-4-18-14(2)7-8-15-9-11-16(12-10-15)21-13-5-6-17(19)20-3/h9-12,14,18H,4-8,13H2,1-3H3. The van der Waals surface area contributed by atoms with Gasteiger partial charge < -0.3 is 14.8 Å². The van der Waals surface area contributed by atoms with Gasteiger partial charge in [0.2, 0.25) is 0 Å². The Bertz CT molecular complexity index is 403. The van der Waals surface area contributed by atoms with E-state index < -0.39 is 0 Å². The van der Waals surface area contributed by atoms with Crippen molar-refractivity contribution in [2.75, 3.05) is 20.3 Å². The molecule has 0 fully saturated rings. The second-order valence-corrected chi connectivity index (χ2v) is 5.17. The van der Waals surface area contributed by atoms with Crippen LogP contribution in [-0.2, 0) is 16.0 Å². The summed E-state index contributed by atoms with van der Waals surface area (Å²) in [6.07, 6.45) is 3.27. The highest BCUT2D eigenvalue weighted by Gasteiger charge is 2.02. The van der Waals surface area contributed by atoms with Crippen LogP contribution in [0.3, 0.4) is 0 Å². The summed E-state index contributed by atoms with van der Waals surface area (Å²) in [5, 5.41) is 3.41. The lowest BCUT2D eigenvalue weighted by Crippen LogP contribution is -2.25. The average molecular weight is 293 g/mol. The monoisotopic (exact) mass is 293 g/mol. The van der Waals surface area contributed by atoms with E-state index in [2.05, 4.69) is 36.0 Å². The number of hydrogen-bond acceptors (Lipinski definition) is 4. The summed E-state index contributed by atoms with van der Waals surface area (Å²) in [5.74, 6) is 0.659. The summed E-state index contributed by atoms with van der Waals surface area (Å²) in [5.41, 5.74) is 1.32. The number of aryl methyl sites for hydroxylation is 1. The molecule has 0 heterocycles. The minimum atomic E-state index is -0.191. The van der Waals surface area contributed by atoms with Gasteiger partial charge in [-0.05, 0) is 50.4 Å². The molecule has 1 N–H and O–H groups in total. The summed E-state index contributed by atoms with van der Waals surface area (Å²) in [6, 6.07) is 8.74. The van der Waals surface area contributed by atoms with Crippen LogP contribution < -0.4 is 10.1 Å². The second kappa shape index (κ2) is 10.2. The molecule has 1 unspecified atom stereocenters. The van der Waals surface area contributed by atoms with Crippen molar-refractivity contribution in [2.24, 2.45) is 0 Å². The van der Waals surface area contributed by atoms with Gasteiger partial charge in [-0.1, -0.05) is 19.1 Å². The number of carbonyl (C=O) groups is 1. The molecule has 0 radical (unpaired) electrons. The Hall–Kier alpha value is -1.55. The number of hydrogen-bond donors (Lipinski definition) is 1. The van der Waals surface area contributed by atoms with Gasteiger partial charge in [-0.15, -0.1) is 0 Å². The van der Waals surface area contributed by atoms with E-state index in [1.165, 1.54) is 12.7 Å². The van der Waals surface area contributed by atoms with Crippen molar-refractivity contribution in [3.05, 3.63) is 29.8 Å². The molecule has 0 aromatic heterocycles. The molecular formula is C17H27NO3. The molecule has 1 aromatic carbocycles. The van der Waals surface area contributed by atoms with Gasteiger partial charge in [-0.3, -0.25) is 4.79 Å². The molecule has 0 saturated heterocycles. The van der Waals surface area contributed by atoms with Crippen LogP contribution in [0.1, 0.15) is 38.7 Å². The van der Waals surface area contributed by atoms with Crippen molar-refractivity contribution in [1.29, 1.82) is 0 Å². The first-order chi connectivity index (χ1) is 10.2. The SMILES string of the molecule is CCNC(C)CCc1ccc(OCCCC(=O)OC)cc1. The van der Waals surface area contributed by atoms with Gasteiger partial charge in [0.1, 0.15) is 5.75 Å². The smallest absolute Gasteiger partial charge is 0.305 e. The van der Waals surface area contributed by atoms with E-state index >= 15 is 0 Å². The summed E-state index contributed by atoms with van der Waals surface area (Å²) < 4.78 is 10.2. The number of nitrogens with one attached hydrogen (secondary N) is 1. The molecule has 4 heteroatoms. The van der Waals surface area contributed by atoms with Crippen LogP contribution in [0.25, 0.3) is 0 Å². The van der Waals surface area contributed by atoms with Crippen LogP contribution in [0.4, 0.5) is 0 Å². The van der Waals surface area contributed by atoms with Crippen LogP contribution in [0.15, 0.2) is 24.3 Å². The molecule has 4 nitrogen and oxygen atoms in total. The maximum Gasteiger partial charge on any atom is 0.305 e. The lowest BCUT2D eigenvalue weighted by molar-refractivity contribution is -0.140. The summed E-state index contributed by atoms with van der Waals surface area (Å²) in [6.45, 7) is 5.89. The fourth-order valence-corrected chi connectivity index (χ4v) is 2.09. The lowest BCUT2D eigenvalue weighted by Gasteiger charge is -2.12. The van der Waals surface area contributed by atoms with Crippen molar-refractivity contribution in [2.45, 2.75) is 45.6 Å². The predicted molar refractivity (Wildman–Crippen MR) is 84.6 cm³/mol. The normalized spacial score (nSPS) is 12.0. The van der Waals surface area contributed by atoms with Gasteiger partial charge in [0, 0.05) is 12.5 Å². The molecule has 0 bridgehead atoms. The van der Waals surface area contributed by atoms with Crippen LogP contribution >= 0.6 is 0 Å². The Balaban J connectivity index is 2.25. The number of ether oxygens (including phenoxy) is 2. The van der Waals surface area contributed by atoms with Gasteiger partial charge in [-0.25, -0.2) is 0 Å². The molecule has 118 valence electrons. The second-order valence-electron chi connectivity index (χ2n) is 5.17. The van der Waals surface area contributed by atoms with Crippen LogP contribution in [0.2, 0.25) is 0 Å². The summed E-state index contributed by atoms with van der Waals surface area (Å²) in [7, 11) is 1.40. The molecule has 21 heavy (non-hydrogen) atoms. The maximum atomic E-state index is 11.0. The van der Waals surface area contributed by atoms with Gasteiger partial charge >= 0.3 is 5.97 Å². The van der Waals surface area contributed by atoms with Crippen LogP contribution in [0.5, 0.6) is 5.75 Å². The zero-order chi connectivity index (χ0) is 15.5. The molecule has 0 saturated carbocycles. The van der Waals surface area contributed by atoms with Gasteiger partial charge in [0.25, 0.3) is 0 Å². The van der Waals surface area contributed by atoms with Crippen molar-refractivity contribution < 1.29 is 14.3 Å². The van der Waals surface area contributed by atoms with Crippen molar-refractivity contribution in [3.63, 3.8) is 0 Å². The van der Waals surface area contributed by atoms with E-state index in [1.54, 1.807) is 0 Å². The third kappa shape index (κ3) is 7.71. The fourth-order valence-electron chi connectivity index (χ4n) is 2.09. The highest BCUT2D eigenvalue weighted by Crippen LogP contribution is 2.14. The molecule has 1 aromatic rings. The van der Waals surface area contributed by atoms with E-state index in [1.807, 2.05) is 12.1 Å². The van der Waals surface area contributed by atoms with Gasteiger partial charge in [0.05, 0.1) is 13.7 Å². The van der Waals surface area contributed by atoms with E-state index in [0.717, 1.165) is 25.1 Å². The van der Waals surface area contributed by atoms with Crippen LogP contribution in [0, 0.1) is 0 Å². The molecular weight excluding hydrogens is 266 g/mol. The van der Waals surface area contributed by atoms with E-state index in [9.17, 15) is 4.79 Å². The number of carbonyl (C=O) groups excluding carboxylic acids is 1. The zero-order valence-corrected chi connectivity index (χ0v) is 13.4. The first-order valence-corrected chi connectivity index (χ1v) is 7.67. The third-order valence-corrected chi connectivity index (χ3v) is 3.36. The summed E-state index contributed by atoms with van der Waals surface area (Å²) >= 11 is 0. The number of methoxy groups -OCH3 is 1. The fraction of sp³-hybridized carbons (Fsp3) is 0.588. The Morgan fingerprint density at radius 3 is 2.62 bits per heavy atom. The first-order valence-electron chi connectivity index (χ1n) is 7.67. The Kier molecular flexibility index (Phi) is 8.51. The third-order valence-electron chi connectivity index (χ3n) is 3.36. The van der Waals surface area contributed by atoms with Crippen LogP contribution in [-0.4, -0.2) is 32.3 Å². The predicted octanol–water partition coefficient (Wildman–Crippen LogP) is 2.95. The molecule has 1 atom stereocenters. The van der Waals surface area contributed by atoms with Gasteiger partial charge in [0.15, 0.2) is 0 Å². The molecule has 0 aliphatic carbocycles. The lowest BCUT2D eigenvalue weighted by atomic mass is 10.1. The summed E-state index contributed by atoms with van der Waals surface area (Å²) in [4.78, 5) is 11.0. The highest BCUT2D eigenvalue weighted by molar-refractivity contribution is 5.69. The molecule has 0 amide bonds. The quantitative estimate of drug-likeness (QED) is 0.532. The van der Waals surface area contributed by atoms with Gasteiger partial charge in [-0.2, -0.15) is 0 Å². The molecule has 0 aliphatic rings. The minimum absolute atomic E-state index is 0.191.